The molecule has 2 aromatic rings. The van der Waals surface area contributed by atoms with Crippen molar-refractivity contribution in [2.24, 2.45) is 5.92 Å². The van der Waals surface area contributed by atoms with Crippen molar-refractivity contribution < 1.29 is 0 Å². The van der Waals surface area contributed by atoms with E-state index in [0.717, 1.165) is 18.2 Å². The van der Waals surface area contributed by atoms with Gasteiger partial charge in [0.25, 0.3) is 0 Å². The fourth-order valence-electron chi connectivity index (χ4n) is 3.55. The lowest BCUT2D eigenvalue weighted by molar-refractivity contribution is 0.497. The first kappa shape index (κ1) is 10.2. The first-order chi connectivity index (χ1) is 8.84. The normalized spacial score (nSPS) is 26.6. The van der Waals surface area contributed by atoms with Gasteiger partial charge in [-0.2, -0.15) is 0 Å². The number of rotatable bonds is 1. The number of hydrogen-bond acceptors (Lipinski definition) is 3. The molecule has 3 heterocycles. The fraction of sp³-hybridized carbons (Fsp3) is 0.500. The number of nitrogens with one attached hydrogen (secondary N) is 2. The zero-order valence-corrected chi connectivity index (χ0v) is 10.6. The van der Waals surface area contributed by atoms with Crippen LogP contribution in [0.25, 0.3) is 11.0 Å². The Labute approximate surface area is 106 Å². The molecular weight excluding hydrogens is 224 g/mol. The molecule has 2 atom stereocenters. The number of fused-ring (bicyclic) bond motifs is 3. The molecule has 4 rings (SSSR count). The van der Waals surface area contributed by atoms with Crippen molar-refractivity contribution in [1.29, 1.82) is 0 Å². The van der Waals surface area contributed by atoms with Crippen molar-refractivity contribution in [2.45, 2.75) is 32.2 Å². The largest absolute Gasteiger partial charge is 0.365 e. The number of nitrogens with zero attached hydrogens (tertiary/aromatic N) is 2. The summed E-state index contributed by atoms with van der Waals surface area (Å²) >= 11 is 0. The summed E-state index contributed by atoms with van der Waals surface area (Å²) in [7, 11) is 0. The van der Waals surface area contributed by atoms with E-state index in [1.165, 1.54) is 36.0 Å². The van der Waals surface area contributed by atoms with Crippen molar-refractivity contribution in [3.05, 3.63) is 18.5 Å². The van der Waals surface area contributed by atoms with Crippen LogP contribution in [0, 0.1) is 5.92 Å². The molecule has 4 nitrogen and oxygen atoms in total. The van der Waals surface area contributed by atoms with Gasteiger partial charge >= 0.3 is 0 Å². The van der Waals surface area contributed by atoms with Crippen LogP contribution in [-0.4, -0.2) is 22.7 Å². The van der Waals surface area contributed by atoms with E-state index in [0.29, 0.717) is 6.04 Å². The van der Waals surface area contributed by atoms with Gasteiger partial charge in [0.2, 0.25) is 0 Å². The SMILES string of the molecule is C[C@@H]1CCC[C@@H]1N1CNc2cnc3[nH]ccc3c21. The molecule has 4 heteroatoms. The number of pyridine rings is 1. The van der Waals surface area contributed by atoms with E-state index in [1.54, 1.807) is 0 Å². The average molecular weight is 242 g/mol. The van der Waals surface area contributed by atoms with Crippen LogP contribution in [0.3, 0.4) is 0 Å². The second kappa shape index (κ2) is 3.64. The molecule has 2 aliphatic rings. The molecule has 1 aliphatic heterocycles. The third kappa shape index (κ3) is 1.29. The van der Waals surface area contributed by atoms with Crippen LogP contribution in [0.5, 0.6) is 0 Å². The summed E-state index contributed by atoms with van der Waals surface area (Å²) in [5.74, 6) is 0.792. The Hall–Kier alpha value is -1.71. The van der Waals surface area contributed by atoms with Gasteiger partial charge in [-0.3, -0.25) is 0 Å². The minimum absolute atomic E-state index is 0.680. The van der Waals surface area contributed by atoms with Crippen LogP contribution in [-0.2, 0) is 0 Å². The maximum absolute atomic E-state index is 4.45. The van der Waals surface area contributed by atoms with Gasteiger partial charge in [0.1, 0.15) is 5.65 Å². The number of anilines is 2. The molecule has 0 spiro atoms. The van der Waals surface area contributed by atoms with Gasteiger partial charge in [0, 0.05) is 17.6 Å². The predicted molar refractivity (Wildman–Crippen MR) is 73.9 cm³/mol. The van der Waals surface area contributed by atoms with E-state index in [-0.39, 0.29) is 0 Å². The Morgan fingerprint density at radius 2 is 2.33 bits per heavy atom. The first-order valence-corrected chi connectivity index (χ1v) is 6.81. The highest BCUT2D eigenvalue weighted by molar-refractivity contribution is 5.98. The average Bonchev–Trinajstić information content (AvgIpc) is 3.04. The fourth-order valence-corrected chi connectivity index (χ4v) is 3.55. The molecule has 2 N–H and O–H groups in total. The lowest BCUT2D eigenvalue weighted by Gasteiger charge is -2.29. The molecule has 0 aromatic carbocycles. The monoisotopic (exact) mass is 242 g/mol. The maximum atomic E-state index is 4.45. The molecule has 0 radical (unpaired) electrons. The minimum atomic E-state index is 0.680. The summed E-state index contributed by atoms with van der Waals surface area (Å²) in [5.41, 5.74) is 3.52. The topological polar surface area (TPSA) is 44.0 Å². The molecule has 18 heavy (non-hydrogen) atoms. The summed E-state index contributed by atoms with van der Waals surface area (Å²) in [4.78, 5) is 10.2. The lowest BCUT2D eigenvalue weighted by atomic mass is 10.0. The second-order valence-electron chi connectivity index (χ2n) is 5.54. The van der Waals surface area contributed by atoms with E-state index in [1.807, 2.05) is 12.4 Å². The van der Waals surface area contributed by atoms with Crippen LogP contribution in [0.1, 0.15) is 26.2 Å². The zero-order valence-electron chi connectivity index (χ0n) is 10.6. The predicted octanol–water partition coefficient (Wildman–Crippen LogP) is 2.94. The van der Waals surface area contributed by atoms with E-state index in [2.05, 4.69) is 33.2 Å². The van der Waals surface area contributed by atoms with E-state index < -0.39 is 0 Å². The van der Waals surface area contributed by atoms with Gasteiger partial charge < -0.3 is 15.2 Å². The van der Waals surface area contributed by atoms with E-state index >= 15 is 0 Å². The van der Waals surface area contributed by atoms with Crippen molar-refractivity contribution in [3.63, 3.8) is 0 Å². The minimum Gasteiger partial charge on any atom is -0.365 e. The zero-order chi connectivity index (χ0) is 12.1. The molecule has 94 valence electrons. The molecule has 0 saturated heterocycles. The Morgan fingerprint density at radius 1 is 1.39 bits per heavy atom. The van der Waals surface area contributed by atoms with Crippen LogP contribution in [0.15, 0.2) is 18.5 Å². The quantitative estimate of drug-likeness (QED) is 0.808. The smallest absolute Gasteiger partial charge is 0.139 e. The van der Waals surface area contributed by atoms with Gasteiger partial charge in [-0.25, -0.2) is 4.98 Å². The van der Waals surface area contributed by atoms with Gasteiger partial charge in [-0.05, 0) is 24.8 Å². The summed E-state index contributed by atoms with van der Waals surface area (Å²) in [6.07, 6.45) is 7.97. The summed E-state index contributed by atoms with van der Waals surface area (Å²) in [6, 6.07) is 2.82. The maximum Gasteiger partial charge on any atom is 0.139 e. The molecule has 1 saturated carbocycles. The van der Waals surface area contributed by atoms with Crippen molar-refractivity contribution >= 4 is 22.4 Å². The highest BCUT2D eigenvalue weighted by atomic mass is 15.3. The van der Waals surface area contributed by atoms with Crippen molar-refractivity contribution in [2.75, 3.05) is 16.9 Å². The summed E-state index contributed by atoms with van der Waals surface area (Å²) < 4.78 is 0. The Morgan fingerprint density at radius 3 is 3.17 bits per heavy atom. The van der Waals surface area contributed by atoms with Gasteiger partial charge in [-0.15, -0.1) is 0 Å². The van der Waals surface area contributed by atoms with Crippen LogP contribution in [0.4, 0.5) is 11.4 Å². The van der Waals surface area contributed by atoms with Crippen LogP contribution >= 0.6 is 0 Å². The van der Waals surface area contributed by atoms with Crippen molar-refractivity contribution in [1.82, 2.24) is 9.97 Å². The number of hydrogen-bond donors (Lipinski definition) is 2. The summed E-state index contributed by atoms with van der Waals surface area (Å²) in [5, 5.41) is 4.73. The summed E-state index contributed by atoms with van der Waals surface area (Å²) in [6.45, 7) is 3.31. The highest BCUT2D eigenvalue weighted by Gasteiger charge is 2.34. The third-order valence-electron chi connectivity index (χ3n) is 4.50. The Bertz CT molecular complexity index is 588. The number of H-pyrrole nitrogens is 1. The molecule has 0 unspecified atom stereocenters. The molecule has 1 aliphatic carbocycles. The third-order valence-corrected chi connectivity index (χ3v) is 4.50. The van der Waals surface area contributed by atoms with Crippen LogP contribution in [0.2, 0.25) is 0 Å². The Kier molecular flexibility index (Phi) is 2.07. The van der Waals surface area contributed by atoms with Gasteiger partial charge in [-0.1, -0.05) is 13.3 Å². The molecule has 0 amide bonds. The number of aromatic amines is 1. The molecular formula is C14H18N4. The molecule has 0 bridgehead atoms. The lowest BCUT2D eigenvalue weighted by Crippen LogP contribution is -2.36. The van der Waals surface area contributed by atoms with Gasteiger partial charge in [0.05, 0.1) is 24.2 Å². The highest BCUT2D eigenvalue weighted by Crippen LogP contribution is 2.42. The molecule has 2 aromatic heterocycles. The second-order valence-corrected chi connectivity index (χ2v) is 5.54. The van der Waals surface area contributed by atoms with Gasteiger partial charge in [0.15, 0.2) is 0 Å². The van der Waals surface area contributed by atoms with E-state index in [9.17, 15) is 0 Å². The van der Waals surface area contributed by atoms with Crippen LogP contribution < -0.4 is 10.2 Å². The molecule has 1 fully saturated rings. The van der Waals surface area contributed by atoms with Crippen molar-refractivity contribution in [3.8, 4) is 0 Å². The first-order valence-electron chi connectivity index (χ1n) is 6.81. The standard InChI is InChI=1S/C14H18N4/c1-9-3-2-4-12(9)18-8-17-11-7-16-14-10(13(11)18)5-6-15-14/h5-7,9,12,17H,2-4,8H2,1H3,(H,15,16)/t9-,12+/m1/s1. The van der Waals surface area contributed by atoms with E-state index in [4.69, 9.17) is 0 Å². The number of aromatic nitrogens is 2. The Balaban J connectivity index is 1.84.